The monoisotopic (exact) mass is 445 g/mol. The maximum atomic E-state index is 12.7. The Bertz CT molecular complexity index is 1360. The molecule has 0 spiro atoms. The van der Waals surface area contributed by atoms with Crippen LogP contribution in [0, 0.1) is 0 Å². The summed E-state index contributed by atoms with van der Waals surface area (Å²) < 4.78 is 5.64. The molecule has 34 heavy (non-hydrogen) atoms. The van der Waals surface area contributed by atoms with E-state index in [2.05, 4.69) is 39.7 Å². The molecule has 0 aliphatic carbocycles. The van der Waals surface area contributed by atoms with E-state index < -0.39 is 0 Å². The summed E-state index contributed by atoms with van der Waals surface area (Å²) in [5, 5.41) is 7.24. The SMILES string of the molecule is O=C(CCc1ccccc1)Nc1onc(-c2ccc(-c3ccccc3)cc2)c1-c1ccncc1. The van der Waals surface area contributed by atoms with Gasteiger partial charge in [-0.25, -0.2) is 0 Å². The first-order chi connectivity index (χ1) is 16.8. The Morgan fingerprint density at radius 1 is 0.706 bits per heavy atom. The molecule has 0 saturated heterocycles. The zero-order valence-corrected chi connectivity index (χ0v) is 18.5. The predicted molar refractivity (Wildman–Crippen MR) is 134 cm³/mol. The highest BCUT2D eigenvalue weighted by Crippen LogP contribution is 2.38. The van der Waals surface area contributed by atoms with Gasteiger partial charge in [0.25, 0.3) is 0 Å². The van der Waals surface area contributed by atoms with Crippen LogP contribution in [0.25, 0.3) is 33.5 Å². The number of anilines is 1. The van der Waals surface area contributed by atoms with Gasteiger partial charge in [-0.2, -0.15) is 0 Å². The highest BCUT2D eigenvalue weighted by atomic mass is 16.5. The molecule has 0 aliphatic rings. The minimum Gasteiger partial charge on any atom is -0.337 e. The topological polar surface area (TPSA) is 68.0 Å². The fourth-order valence-electron chi connectivity index (χ4n) is 3.90. The van der Waals surface area contributed by atoms with Crippen molar-refractivity contribution in [2.75, 3.05) is 5.32 Å². The molecule has 1 amide bonds. The number of hydrogen-bond donors (Lipinski definition) is 1. The van der Waals surface area contributed by atoms with Crippen molar-refractivity contribution < 1.29 is 9.32 Å². The molecular formula is C29H23N3O2. The minimum absolute atomic E-state index is 0.124. The van der Waals surface area contributed by atoms with Crippen LogP contribution in [0.2, 0.25) is 0 Å². The third-order valence-corrected chi connectivity index (χ3v) is 5.66. The van der Waals surface area contributed by atoms with Gasteiger partial charge in [0, 0.05) is 24.4 Å². The van der Waals surface area contributed by atoms with Gasteiger partial charge in [0.15, 0.2) is 0 Å². The summed E-state index contributed by atoms with van der Waals surface area (Å²) in [5.74, 6) is 0.215. The Morgan fingerprint density at radius 3 is 2.03 bits per heavy atom. The Hall–Kier alpha value is -4.51. The van der Waals surface area contributed by atoms with E-state index in [-0.39, 0.29) is 5.91 Å². The van der Waals surface area contributed by atoms with Crippen LogP contribution in [0.1, 0.15) is 12.0 Å². The van der Waals surface area contributed by atoms with Crippen LogP contribution in [0.4, 0.5) is 5.88 Å². The molecule has 1 N–H and O–H groups in total. The number of nitrogens with zero attached hydrogens (tertiary/aromatic N) is 2. The predicted octanol–water partition coefficient (Wildman–Crippen LogP) is 6.64. The lowest BCUT2D eigenvalue weighted by atomic mass is 9.99. The van der Waals surface area contributed by atoms with E-state index in [1.807, 2.05) is 72.8 Å². The summed E-state index contributed by atoms with van der Waals surface area (Å²) in [6.45, 7) is 0. The Labute approximate surface area is 198 Å². The number of aryl methyl sites for hydroxylation is 1. The molecule has 0 saturated carbocycles. The number of benzene rings is 3. The molecule has 0 aliphatic heterocycles. The second-order valence-corrected chi connectivity index (χ2v) is 7.95. The molecule has 2 aromatic heterocycles. The maximum absolute atomic E-state index is 12.7. The van der Waals surface area contributed by atoms with Crippen LogP contribution in [0.15, 0.2) is 114 Å². The van der Waals surface area contributed by atoms with Crippen LogP contribution in [-0.4, -0.2) is 16.0 Å². The normalized spacial score (nSPS) is 10.7. The zero-order valence-electron chi connectivity index (χ0n) is 18.5. The number of carbonyl (C=O) groups excluding carboxylic acids is 1. The highest BCUT2D eigenvalue weighted by Gasteiger charge is 2.21. The number of nitrogens with one attached hydrogen (secondary N) is 1. The summed E-state index contributed by atoms with van der Waals surface area (Å²) in [7, 11) is 0. The second kappa shape index (κ2) is 9.96. The summed E-state index contributed by atoms with van der Waals surface area (Å²) in [6.07, 6.45) is 4.43. The van der Waals surface area contributed by atoms with Crippen LogP contribution >= 0.6 is 0 Å². The number of rotatable bonds is 7. The molecule has 0 unspecified atom stereocenters. The molecule has 2 heterocycles. The van der Waals surface area contributed by atoms with Crippen molar-refractivity contribution >= 4 is 11.8 Å². The molecule has 0 atom stereocenters. The average molecular weight is 446 g/mol. The fraction of sp³-hybridized carbons (Fsp3) is 0.0690. The summed E-state index contributed by atoms with van der Waals surface area (Å²) in [4.78, 5) is 16.8. The first-order valence-corrected chi connectivity index (χ1v) is 11.2. The standard InChI is InChI=1S/C29H23N3O2/c33-26(16-11-21-7-3-1-4-8-21)31-29-27(24-17-19-30-20-18-24)28(32-34-29)25-14-12-23(13-15-25)22-9-5-2-6-10-22/h1-10,12-15,17-20H,11,16H2,(H,31,33). The molecule has 5 heteroatoms. The van der Waals surface area contributed by atoms with E-state index in [0.717, 1.165) is 33.4 Å². The molecule has 0 bridgehead atoms. The quantitative estimate of drug-likeness (QED) is 0.305. The summed E-state index contributed by atoms with van der Waals surface area (Å²) in [5.41, 5.74) is 6.57. The number of hydrogen-bond acceptors (Lipinski definition) is 4. The van der Waals surface area contributed by atoms with Crippen LogP contribution in [-0.2, 0) is 11.2 Å². The average Bonchev–Trinajstić information content (AvgIpc) is 3.32. The van der Waals surface area contributed by atoms with Crippen molar-refractivity contribution in [3.63, 3.8) is 0 Å². The third kappa shape index (κ3) is 4.79. The maximum Gasteiger partial charge on any atom is 0.239 e. The molecule has 3 aromatic carbocycles. The van der Waals surface area contributed by atoms with Crippen LogP contribution in [0.3, 0.4) is 0 Å². The highest BCUT2D eigenvalue weighted by molar-refractivity contribution is 5.97. The van der Waals surface area contributed by atoms with Crippen molar-refractivity contribution in [2.24, 2.45) is 0 Å². The number of carbonyl (C=O) groups is 1. The van der Waals surface area contributed by atoms with E-state index in [1.54, 1.807) is 12.4 Å². The molecular weight excluding hydrogens is 422 g/mol. The van der Waals surface area contributed by atoms with Gasteiger partial charge >= 0.3 is 0 Å². The molecule has 166 valence electrons. The fourth-order valence-corrected chi connectivity index (χ4v) is 3.90. The third-order valence-electron chi connectivity index (χ3n) is 5.66. The second-order valence-electron chi connectivity index (χ2n) is 7.95. The van der Waals surface area contributed by atoms with Crippen molar-refractivity contribution in [3.8, 4) is 33.5 Å². The lowest BCUT2D eigenvalue weighted by molar-refractivity contribution is -0.116. The van der Waals surface area contributed by atoms with E-state index in [4.69, 9.17) is 4.52 Å². The van der Waals surface area contributed by atoms with Gasteiger partial charge < -0.3 is 4.52 Å². The minimum atomic E-state index is -0.124. The van der Waals surface area contributed by atoms with Crippen molar-refractivity contribution in [2.45, 2.75) is 12.8 Å². The molecule has 5 rings (SSSR count). The van der Waals surface area contributed by atoms with Crippen molar-refractivity contribution in [1.82, 2.24) is 10.1 Å². The number of aromatic nitrogens is 2. The van der Waals surface area contributed by atoms with Crippen LogP contribution in [0.5, 0.6) is 0 Å². The van der Waals surface area contributed by atoms with Crippen molar-refractivity contribution in [1.29, 1.82) is 0 Å². The van der Waals surface area contributed by atoms with Gasteiger partial charge in [0.05, 0.1) is 5.56 Å². The first kappa shape index (κ1) is 21.3. The van der Waals surface area contributed by atoms with Gasteiger partial charge in [-0.1, -0.05) is 90.1 Å². The summed E-state index contributed by atoms with van der Waals surface area (Å²) in [6, 6.07) is 32.1. The Kier molecular flexibility index (Phi) is 6.25. The van der Waals surface area contributed by atoms with Gasteiger partial charge in [0.2, 0.25) is 11.8 Å². The van der Waals surface area contributed by atoms with E-state index in [0.29, 0.717) is 24.4 Å². The van der Waals surface area contributed by atoms with E-state index >= 15 is 0 Å². The zero-order chi connectivity index (χ0) is 23.2. The number of pyridine rings is 1. The van der Waals surface area contributed by atoms with Gasteiger partial charge in [-0.3, -0.25) is 15.1 Å². The van der Waals surface area contributed by atoms with Crippen molar-refractivity contribution in [3.05, 3.63) is 115 Å². The Morgan fingerprint density at radius 2 is 1.32 bits per heavy atom. The van der Waals surface area contributed by atoms with E-state index in [1.165, 1.54) is 0 Å². The smallest absolute Gasteiger partial charge is 0.239 e. The Balaban J connectivity index is 1.42. The lowest BCUT2D eigenvalue weighted by Crippen LogP contribution is -2.12. The summed E-state index contributed by atoms with van der Waals surface area (Å²) >= 11 is 0. The lowest BCUT2D eigenvalue weighted by Gasteiger charge is -2.07. The van der Waals surface area contributed by atoms with Crippen LogP contribution < -0.4 is 5.32 Å². The number of amides is 1. The first-order valence-electron chi connectivity index (χ1n) is 11.2. The van der Waals surface area contributed by atoms with Gasteiger partial charge in [-0.15, -0.1) is 0 Å². The van der Waals surface area contributed by atoms with E-state index in [9.17, 15) is 4.79 Å². The molecule has 5 nitrogen and oxygen atoms in total. The largest absolute Gasteiger partial charge is 0.337 e. The van der Waals surface area contributed by atoms with Gasteiger partial charge in [-0.05, 0) is 40.8 Å². The van der Waals surface area contributed by atoms with Gasteiger partial charge in [0.1, 0.15) is 5.69 Å². The molecule has 0 radical (unpaired) electrons. The molecule has 5 aromatic rings. The molecule has 0 fully saturated rings.